The van der Waals surface area contributed by atoms with Gasteiger partial charge < -0.3 is 4.74 Å². The molecule has 2 heteroatoms. The van der Waals surface area contributed by atoms with Crippen molar-refractivity contribution in [3.8, 4) is 0 Å². The van der Waals surface area contributed by atoms with Crippen LogP contribution in [-0.2, 0) is 4.74 Å². The smallest absolute Gasteiger partial charge is 0.0677 e. The summed E-state index contributed by atoms with van der Waals surface area (Å²) >= 11 is 0. The van der Waals surface area contributed by atoms with Gasteiger partial charge in [-0.25, -0.2) is 0 Å². The van der Waals surface area contributed by atoms with Gasteiger partial charge in [0.15, 0.2) is 0 Å². The van der Waals surface area contributed by atoms with E-state index in [1.165, 1.54) is 0 Å². The first kappa shape index (κ1) is 11.0. The van der Waals surface area contributed by atoms with Gasteiger partial charge in [-0.3, -0.25) is 4.90 Å². The van der Waals surface area contributed by atoms with Gasteiger partial charge >= 0.3 is 0 Å². The molecule has 1 heterocycles. The second-order valence-electron chi connectivity index (χ2n) is 5.16. The second kappa shape index (κ2) is 3.97. The molecule has 0 aliphatic carbocycles. The zero-order valence-electron chi connectivity index (χ0n) is 9.63. The summed E-state index contributed by atoms with van der Waals surface area (Å²) in [5, 5.41) is 0. The van der Waals surface area contributed by atoms with Crippen LogP contribution in [0.25, 0.3) is 0 Å². The highest BCUT2D eigenvalue weighted by Gasteiger charge is 2.26. The summed E-state index contributed by atoms with van der Waals surface area (Å²) in [5.41, 5.74) is 0.279. The number of hydrogen-bond acceptors (Lipinski definition) is 2. The fourth-order valence-corrected chi connectivity index (χ4v) is 1.86. The molecule has 0 unspecified atom stereocenters. The molecule has 1 aliphatic rings. The number of rotatable bonds is 0. The first-order valence-electron chi connectivity index (χ1n) is 5.30. The molecule has 2 nitrogen and oxygen atoms in total. The lowest BCUT2D eigenvalue weighted by Crippen LogP contribution is -2.44. The third-order valence-electron chi connectivity index (χ3n) is 2.70. The van der Waals surface area contributed by atoms with E-state index in [1.54, 1.807) is 0 Å². The normalized spacial score (nSPS) is 33.0. The maximum absolute atomic E-state index is 5.79. The summed E-state index contributed by atoms with van der Waals surface area (Å²) in [7, 11) is 0. The molecule has 1 rings (SSSR count). The Morgan fingerprint density at radius 1 is 1.15 bits per heavy atom. The summed E-state index contributed by atoms with van der Waals surface area (Å²) in [4.78, 5) is 2.52. The van der Waals surface area contributed by atoms with Gasteiger partial charge in [0.05, 0.1) is 12.2 Å². The maximum atomic E-state index is 5.79. The predicted octanol–water partition coefficient (Wildman–Crippen LogP) is 2.28. The molecular weight excluding hydrogens is 162 g/mol. The Labute approximate surface area is 82.3 Å². The lowest BCUT2D eigenvalue weighted by atomic mass is 10.1. The molecular formula is C11H23NO. The van der Waals surface area contributed by atoms with Crippen molar-refractivity contribution < 1.29 is 4.74 Å². The van der Waals surface area contributed by atoms with Crippen molar-refractivity contribution in [1.29, 1.82) is 0 Å². The van der Waals surface area contributed by atoms with E-state index in [0.29, 0.717) is 12.2 Å². The Kier molecular flexibility index (Phi) is 3.36. The van der Waals surface area contributed by atoms with Crippen LogP contribution in [0, 0.1) is 0 Å². The van der Waals surface area contributed by atoms with E-state index in [4.69, 9.17) is 4.74 Å². The highest BCUT2D eigenvalue weighted by molar-refractivity contribution is 4.80. The topological polar surface area (TPSA) is 12.5 Å². The highest BCUT2D eigenvalue weighted by Crippen LogP contribution is 2.19. The largest absolute Gasteiger partial charge is 0.374 e. The molecule has 0 radical (unpaired) electrons. The van der Waals surface area contributed by atoms with Crippen molar-refractivity contribution in [3.63, 3.8) is 0 Å². The van der Waals surface area contributed by atoms with Crippen molar-refractivity contribution >= 4 is 0 Å². The lowest BCUT2D eigenvalue weighted by Gasteiger charge is -2.35. The summed E-state index contributed by atoms with van der Waals surface area (Å²) in [5.74, 6) is 0. The van der Waals surface area contributed by atoms with Gasteiger partial charge in [-0.05, 0) is 41.0 Å². The molecule has 2 atom stereocenters. The van der Waals surface area contributed by atoms with Crippen LogP contribution in [-0.4, -0.2) is 35.7 Å². The van der Waals surface area contributed by atoms with Crippen LogP contribution in [0.5, 0.6) is 0 Å². The van der Waals surface area contributed by atoms with E-state index in [-0.39, 0.29) is 5.54 Å². The van der Waals surface area contributed by atoms with E-state index >= 15 is 0 Å². The van der Waals surface area contributed by atoms with Gasteiger partial charge in [0, 0.05) is 18.6 Å². The number of nitrogens with zero attached hydrogens (tertiary/aromatic N) is 1. The van der Waals surface area contributed by atoms with Crippen molar-refractivity contribution in [2.24, 2.45) is 0 Å². The van der Waals surface area contributed by atoms with Crippen molar-refractivity contribution in [2.75, 3.05) is 13.1 Å². The Morgan fingerprint density at radius 2 is 1.77 bits per heavy atom. The summed E-state index contributed by atoms with van der Waals surface area (Å²) in [6.07, 6.45) is 1.95. The van der Waals surface area contributed by atoms with Crippen LogP contribution in [0.4, 0.5) is 0 Å². The van der Waals surface area contributed by atoms with Gasteiger partial charge in [0.1, 0.15) is 0 Å². The van der Waals surface area contributed by atoms with Crippen LogP contribution in [0.15, 0.2) is 0 Å². The van der Waals surface area contributed by atoms with Crippen LogP contribution >= 0.6 is 0 Å². The van der Waals surface area contributed by atoms with Gasteiger partial charge in [0.25, 0.3) is 0 Å². The molecule has 0 spiro atoms. The van der Waals surface area contributed by atoms with Crippen molar-refractivity contribution in [1.82, 2.24) is 4.90 Å². The van der Waals surface area contributed by atoms with E-state index < -0.39 is 0 Å². The quantitative estimate of drug-likeness (QED) is 0.574. The third kappa shape index (κ3) is 3.28. The number of hydrogen-bond donors (Lipinski definition) is 0. The monoisotopic (exact) mass is 185 g/mol. The van der Waals surface area contributed by atoms with Gasteiger partial charge in [-0.15, -0.1) is 0 Å². The zero-order valence-corrected chi connectivity index (χ0v) is 9.63. The highest BCUT2D eigenvalue weighted by atomic mass is 16.5. The second-order valence-corrected chi connectivity index (χ2v) is 5.16. The maximum Gasteiger partial charge on any atom is 0.0677 e. The molecule has 0 aromatic heterocycles. The van der Waals surface area contributed by atoms with E-state index in [9.17, 15) is 0 Å². The Bertz CT molecular complexity index is 162. The summed E-state index contributed by atoms with van der Waals surface area (Å²) in [6.45, 7) is 13.4. The van der Waals surface area contributed by atoms with Crippen molar-refractivity contribution in [2.45, 2.75) is 58.8 Å². The van der Waals surface area contributed by atoms with E-state index in [1.807, 2.05) is 0 Å². The third-order valence-corrected chi connectivity index (χ3v) is 2.70. The Balaban J connectivity index is 2.58. The minimum Gasteiger partial charge on any atom is -0.374 e. The molecule has 78 valence electrons. The van der Waals surface area contributed by atoms with Gasteiger partial charge in [-0.1, -0.05) is 0 Å². The fraction of sp³-hybridized carbons (Fsp3) is 1.00. The molecule has 1 fully saturated rings. The van der Waals surface area contributed by atoms with Crippen LogP contribution < -0.4 is 0 Å². The molecule has 0 bridgehead atoms. The first-order chi connectivity index (χ1) is 5.89. The Morgan fingerprint density at radius 3 is 2.31 bits per heavy atom. The Hall–Kier alpha value is -0.0800. The fourth-order valence-electron chi connectivity index (χ4n) is 1.86. The molecule has 1 aliphatic heterocycles. The van der Waals surface area contributed by atoms with Crippen molar-refractivity contribution in [3.05, 3.63) is 0 Å². The average Bonchev–Trinajstić information content (AvgIpc) is 2.09. The zero-order chi connectivity index (χ0) is 10.1. The number of ether oxygens (including phenoxy) is 1. The minimum absolute atomic E-state index is 0.279. The van der Waals surface area contributed by atoms with Gasteiger partial charge in [0.2, 0.25) is 0 Å². The standard InChI is InChI=1S/C11H23NO/c1-9-6-7-12(11(3,4)5)8-10(2)13-9/h9-10H,6-8H2,1-5H3/t9-,10+/m0/s1. The van der Waals surface area contributed by atoms with E-state index in [2.05, 4.69) is 39.5 Å². The lowest BCUT2D eigenvalue weighted by molar-refractivity contribution is 0.00753. The van der Waals surface area contributed by atoms with E-state index in [0.717, 1.165) is 19.5 Å². The molecule has 0 amide bonds. The SMILES string of the molecule is C[C@@H]1CN(C(C)(C)C)CC[C@H](C)O1. The molecule has 1 saturated heterocycles. The predicted molar refractivity (Wildman–Crippen MR) is 56.0 cm³/mol. The summed E-state index contributed by atoms with van der Waals surface area (Å²) in [6, 6.07) is 0. The molecule has 0 N–H and O–H groups in total. The molecule has 0 aromatic carbocycles. The average molecular weight is 185 g/mol. The molecule has 0 aromatic rings. The molecule has 0 saturated carbocycles. The molecule has 13 heavy (non-hydrogen) atoms. The van der Waals surface area contributed by atoms with Crippen LogP contribution in [0.1, 0.15) is 41.0 Å². The van der Waals surface area contributed by atoms with Crippen LogP contribution in [0.3, 0.4) is 0 Å². The van der Waals surface area contributed by atoms with Gasteiger partial charge in [-0.2, -0.15) is 0 Å². The first-order valence-corrected chi connectivity index (χ1v) is 5.30. The minimum atomic E-state index is 0.279. The summed E-state index contributed by atoms with van der Waals surface area (Å²) < 4.78 is 5.79. The van der Waals surface area contributed by atoms with Crippen LogP contribution in [0.2, 0.25) is 0 Å².